The molecule has 1 aliphatic carbocycles. The quantitative estimate of drug-likeness (QED) is 0.720. The van der Waals surface area contributed by atoms with Gasteiger partial charge in [0.25, 0.3) is 0 Å². The summed E-state index contributed by atoms with van der Waals surface area (Å²) in [5, 5.41) is 3.46. The first-order chi connectivity index (χ1) is 9.93. The Kier molecular flexibility index (Phi) is 5.28. The number of morpholine rings is 1. The van der Waals surface area contributed by atoms with E-state index < -0.39 is 5.54 Å². The zero-order valence-electron chi connectivity index (χ0n) is 13.9. The zero-order chi connectivity index (χ0) is 15.5. The Morgan fingerprint density at radius 1 is 1.43 bits per heavy atom. The molecule has 21 heavy (non-hydrogen) atoms. The fourth-order valence-electron chi connectivity index (χ4n) is 3.39. The lowest BCUT2D eigenvalue weighted by molar-refractivity contribution is -0.155. The van der Waals surface area contributed by atoms with Gasteiger partial charge in [0.05, 0.1) is 18.8 Å². The van der Waals surface area contributed by atoms with Crippen molar-refractivity contribution >= 4 is 5.97 Å². The van der Waals surface area contributed by atoms with Crippen molar-refractivity contribution in [3.05, 3.63) is 0 Å². The van der Waals surface area contributed by atoms with Crippen molar-refractivity contribution in [1.82, 2.24) is 10.2 Å². The van der Waals surface area contributed by atoms with Gasteiger partial charge in [-0.1, -0.05) is 6.92 Å². The monoisotopic (exact) mass is 298 g/mol. The summed E-state index contributed by atoms with van der Waals surface area (Å²) in [5.41, 5.74) is -0.688. The molecule has 5 nitrogen and oxygen atoms in total. The highest BCUT2D eigenvalue weighted by Gasteiger charge is 2.52. The minimum absolute atomic E-state index is 0.0846. The van der Waals surface area contributed by atoms with Crippen molar-refractivity contribution < 1.29 is 14.3 Å². The van der Waals surface area contributed by atoms with Crippen molar-refractivity contribution in [1.29, 1.82) is 0 Å². The van der Waals surface area contributed by atoms with Crippen LogP contribution in [0.4, 0.5) is 0 Å². The molecule has 0 aromatic rings. The maximum absolute atomic E-state index is 12.6. The maximum atomic E-state index is 12.6. The van der Waals surface area contributed by atoms with Gasteiger partial charge in [-0.2, -0.15) is 0 Å². The fraction of sp³-hybridized carbons (Fsp3) is 0.938. The minimum atomic E-state index is -0.543. The topological polar surface area (TPSA) is 50.8 Å². The van der Waals surface area contributed by atoms with Gasteiger partial charge in [0.1, 0.15) is 5.54 Å². The van der Waals surface area contributed by atoms with Gasteiger partial charge < -0.3 is 14.8 Å². The second-order valence-electron chi connectivity index (χ2n) is 6.82. The molecule has 5 heteroatoms. The smallest absolute Gasteiger partial charge is 0.327 e. The zero-order valence-corrected chi connectivity index (χ0v) is 13.9. The van der Waals surface area contributed by atoms with E-state index in [9.17, 15) is 4.79 Å². The molecule has 1 saturated carbocycles. The number of ether oxygens (including phenoxy) is 2. The van der Waals surface area contributed by atoms with E-state index in [1.165, 1.54) is 0 Å². The van der Waals surface area contributed by atoms with Gasteiger partial charge >= 0.3 is 5.97 Å². The first kappa shape index (κ1) is 16.7. The Bertz CT molecular complexity index is 369. The average Bonchev–Trinajstić information content (AvgIpc) is 3.21. The van der Waals surface area contributed by atoms with Crippen LogP contribution >= 0.6 is 0 Å². The van der Waals surface area contributed by atoms with E-state index >= 15 is 0 Å². The molecular weight excluding hydrogens is 268 g/mol. The van der Waals surface area contributed by atoms with Crippen molar-refractivity contribution in [2.75, 3.05) is 39.4 Å². The van der Waals surface area contributed by atoms with E-state index in [1.54, 1.807) is 0 Å². The summed E-state index contributed by atoms with van der Waals surface area (Å²) >= 11 is 0. The van der Waals surface area contributed by atoms with Crippen molar-refractivity contribution in [2.45, 2.75) is 51.7 Å². The van der Waals surface area contributed by atoms with Crippen LogP contribution in [-0.4, -0.2) is 61.4 Å². The molecule has 122 valence electrons. The number of hydrogen-bond donors (Lipinski definition) is 1. The second kappa shape index (κ2) is 6.63. The van der Waals surface area contributed by atoms with Crippen LogP contribution < -0.4 is 5.32 Å². The van der Waals surface area contributed by atoms with Crippen LogP contribution in [0.15, 0.2) is 0 Å². The number of nitrogens with one attached hydrogen (secondary N) is 1. The van der Waals surface area contributed by atoms with Crippen molar-refractivity contribution in [3.8, 4) is 0 Å². The molecule has 0 amide bonds. The van der Waals surface area contributed by atoms with E-state index in [-0.39, 0.29) is 11.6 Å². The molecule has 1 aliphatic heterocycles. The highest BCUT2D eigenvalue weighted by atomic mass is 16.5. The average molecular weight is 298 g/mol. The van der Waals surface area contributed by atoms with Crippen LogP contribution in [0, 0.1) is 5.92 Å². The van der Waals surface area contributed by atoms with Crippen LogP contribution in [0.25, 0.3) is 0 Å². The normalized spacial score (nSPS) is 25.3. The molecule has 0 radical (unpaired) electrons. The van der Waals surface area contributed by atoms with Gasteiger partial charge in [0, 0.05) is 19.6 Å². The van der Waals surface area contributed by atoms with Crippen molar-refractivity contribution in [2.24, 2.45) is 5.92 Å². The highest BCUT2D eigenvalue weighted by molar-refractivity contribution is 5.82. The van der Waals surface area contributed by atoms with Crippen molar-refractivity contribution in [3.63, 3.8) is 0 Å². The highest BCUT2D eigenvalue weighted by Crippen LogP contribution is 2.41. The third-order valence-corrected chi connectivity index (χ3v) is 4.38. The van der Waals surface area contributed by atoms with E-state index in [4.69, 9.17) is 9.47 Å². The maximum Gasteiger partial charge on any atom is 0.327 e. The van der Waals surface area contributed by atoms with Gasteiger partial charge in [-0.25, -0.2) is 4.79 Å². The molecule has 0 aromatic carbocycles. The van der Waals surface area contributed by atoms with Crippen LogP contribution in [0.5, 0.6) is 0 Å². The van der Waals surface area contributed by atoms with Crippen LogP contribution in [-0.2, 0) is 14.3 Å². The molecule has 0 spiro atoms. The number of carbonyl (C=O) groups is 1. The lowest BCUT2D eigenvalue weighted by Gasteiger charge is -2.43. The molecule has 0 aromatic heterocycles. The molecule has 1 heterocycles. The Balaban J connectivity index is 2.12. The standard InChI is InChI=1S/C16H30N2O3/c1-5-17-16(13-7-8-13,14(19)20-6-2)12-18-9-10-21-15(3,4)11-18/h13,17H,5-12H2,1-4H3. The summed E-state index contributed by atoms with van der Waals surface area (Å²) in [6.45, 7) is 12.5. The molecule has 1 atom stereocenters. The number of nitrogens with zero attached hydrogens (tertiary/aromatic N) is 1. The second-order valence-corrected chi connectivity index (χ2v) is 6.82. The first-order valence-corrected chi connectivity index (χ1v) is 8.22. The minimum Gasteiger partial charge on any atom is -0.465 e. The van der Waals surface area contributed by atoms with E-state index in [2.05, 4.69) is 31.0 Å². The summed E-state index contributed by atoms with van der Waals surface area (Å²) in [5.74, 6) is 0.320. The number of hydrogen-bond acceptors (Lipinski definition) is 5. The molecular formula is C16H30N2O3. The summed E-state index contributed by atoms with van der Waals surface area (Å²) < 4.78 is 11.2. The third-order valence-electron chi connectivity index (χ3n) is 4.38. The number of likely N-dealkylation sites (N-methyl/N-ethyl adjacent to an activating group) is 1. The Labute approximate surface area is 128 Å². The first-order valence-electron chi connectivity index (χ1n) is 8.22. The SMILES string of the molecule is CCNC(CN1CCOC(C)(C)C1)(C(=O)OCC)C1CC1. The summed E-state index contributed by atoms with van der Waals surface area (Å²) in [4.78, 5) is 15.0. The lowest BCUT2D eigenvalue weighted by Crippen LogP contribution is -2.63. The third kappa shape index (κ3) is 3.96. The predicted octanol–water partition coefficient (Wildman–Crippen LogP) is 1.42. The Morgan fingerprint density at radius 3 is 2.67 bits per heavy atom. The fourth-order valence-corrected chi connectivity index (χ4v) is 3.39. The number of rotatable bonds is 7. The van der Waals surface area contributed by atoms with E-state index in [1.807, 2.05) is 6.92 Å². The molecule has 0 bridgehead atoms. The lowest BCUT2D eigenvalue weighted by atomic mass is 9.91. The molecule has 1 saturated heterocycles. The summed E-state index contributed by atoms with van der Waals surface area (Å²) in [6, 6.07) is 0. The largest absolute Gasteiger partial charge is 0.465 e. The molecule has 2 aliphatic rings. The van der Waals surface area contributed by atoms with Gasteiger partial charge in [-0.05, 0) is 46.1 Å². The Hall–Kier alpha value is -0.650. The molecule has 2 fully saturated rings. The van der Waals surface area contributed by atoms with Gasteiger partial charge in [-0.15, -0.1) is 0 Å². The summed E-state index contributed by atoms with van der Waals surface area (Å²) in [7, 11) is 0. The van der Waals surface area contributed by atoms with Crippen LogP contribution in [0.1, 0.15) is 40.5 Å². The van der Waals surface area contributed by atoms with Gasteiger partial charge in [0.15, 0.2) is 0 Å². The van der Waals surface area contributed by atoms with Gasteiger partial charge in [-0.3, -0.25) is 4.90 Å². The van der Waals surface area contributed by atoms with Gasteiger partial charge in [0.2, 0.25) is 0 Å². The van der Waals surface area contributed by atoms with E-state index in [0.29, 0.717) is 12.5 Å². The molecule has 1 N–H and O–H groups in total. The molecule has 2 rings (SSSR count). The summed E-state index contributed by atoms with van der Waals surface area (Å²) in [6.07, 6.45) is 2.22. The van der Waals surface area contributed by atoms with E-state index in [0.717, 1.165) is 45.6 Å². The number of carbonyl (C=O) groups excluding carboxylic acids is 1. The Morgan fingerprint density at radius 2 is 2.14 bits per heavy atom. The predicted molar refractivity (Wildman–Crippen MR) is 82.2 cm³/mol. The van der Waals surface area contributed by atoms with Crippen LogP contribution in [0.3, 0.4) is 0 Å². The number of esters is 1. The molecule has 1 unspecified atom stereocenters. The van der Waals surface area contributed by atoms with Crippen LogP contribution in [0.2, 0.25) is 0 Å².